The molecular formula is C9H14N2O2. The third kappa shape index (κ3) is 3.75. The van der Waals surface area contributed by atoms with Gasteiger partial charge < -0.3 is 15.1 Å². The lowest BCUT2D eigenvalue weighted by Crippen LogP contribution is -2.24. The molecule has 0 aliphatic carbocycles. The molecule has 0 radical (unpaired) electrons. The van der Waals surface area contributed by atoms with Gasteiger partial charge in [-0.1, -0.05) is 0 Å². The number of rotatable bonds is 5. The maximum Gasteiger partial charge on any atom is 0.221 e. The standard InChI is InChI=1S/C9H14N2O2/c1-10-9(12)2-4-11-6-8-3-5-13-7-8/h3,5,7,11H,2,4,6H2,1H3,(H,10,12). The van der Waals surface area contributed by atoms with E-state index in [2.05, 4.69) is 10.6 Å². The highest BCUT2D eigenvalue weighted by Crippen LogP contribution is 1.97. The predicted molar refractivity (Wildman–Crippen MR) is 49.1 cm³/mol. The van der Waals surface area contributed by atoms with Crippen molar-refractivity contribution in [1.29, 1.82) is 0 Å². The minimum Gasteiger partial charge on any atom is -0.472 e. The Kier molecular flexibility index (Phi) is 4.05. The number of carbonyl (C=O) groups excluding carboxylic acids is 1. The van der Waals surface area contributed by atoms with Crippen molar-refractivity contribution < 1.29 is 9.21 Å². The molecule has 1 rings (SSSR count). The fourth-order valence-corrected chi connectivity index (χ4v) is 0.953. The Morgan fingerprint density at radius 2 is 2.46 bits per heavy atom. The van der Waals surface area contributed by atoms with Gasteiger partial charge in [-0.3, -0.25) is 4.79 Å². The summed E-state index contributed by atoms with van der Waals surface area (Å²) in [5.74, 6) is 0.0553. The maximum absolute atomic E-state index is 10.8. The van der Waals surface area contributed by atoms with Gasteiger partial charge in [-0.15, -0.1) is 0 Å². The lowest BCUT2D eigenvalue weighted by Gasteiger charge is -2.01. The Labute approximate surface area is 77.3 Å². The third-order valence-electron chi connectivity index (χ3n) is 1.72. The van der Waals surface area contributed by atoms with E-state index in [9.17, 15) is 4.79 Å². The Bertz CT molecular complexity index is 244. The summed E-state index contributed by atoms with van der Waals surface area (Å²) < 4.78 is 4.89. The number of furan rings is 1. The highest BCUT2D eigenvalue weighted by molar-refractivity contribution is 5.75. The van der Waals surface area contributed by atoms with Crippen molar-refractivity contribution in [3.05, 3.63) is 24.2 Å². The van der Waals surface area contributed by atoms with E-state index in [0.717, 1.165) is 12.1 Å². The van der Waals surface area contributed by atoms with E-state index in [1.807, 2.05) is 6.07 Å². The molecule has 0 unspecified atom stereocenters. The number of amides is 1. The van der Waals surface area contributed by atoms with Crippen molar-refractivity contribution >= 4 is 5.91 Å². The fraction of sp³-hybridized carbons (Fsp3) is 0.444. The van der Waals surface area contributed by atoms with Crippen LogP contribution in [0.3, 0.4) is 0 Å². The van der Waals surface area contributed by atoms with Crippen molar-refractivity contribution in [3.8, 4) is 0 Å². The van der Waals surface area contributed by atoms with Gasteiger partial charge in [-0.25, -0.2) is 0 Å². The van der Waals surface area contributed by atoms with Crippen LogP contribution < -0.4 is 10.6 Å². The van der Waals surface area contributed by atoms with Crippen molar-refractivity contribution in [3.63, 3.8) is 0 Å². The molecule has 4 heteroatoms. The summed E-state index contributed by atoms with van der Waals surface area (Å²) >= 11 is 0. The van der Waals surface area contributed by atoms with Crippen LogP contribution in [0.4, 0.5) is 0 Å². The van der Waals surface area contributed by atoms with Gasteiger partial charge in [0.1, 0.15) is 0 Å². The van der Waals surface area contributed by atoms with Crippen LogP contribution in [0.2, 0.25) is 0 Å². The van der Waals surface area contributed by atoms with Crippen molar-refractivity contribution in [2.45, 2.75) is 13.0 Å². The van der Waals surface area contributed by atoms with Crippen LogP contribution in [0.5, 0.6) is 0 Å². The van der Waals surface area contributed by atoms with E-state index in [4.69, 9.17) is 4.42 Å². The van der Waals surface area contributed by atoms with Crippen LogP contribution in [-0.2, 0) is 11.3 Å². The molecule has 1 aromatic rings. The van der Waals surface area contributed by atoms with Gasteiger partial charge in [0.2, 0.25) is 5.91 Å². The van der Waals surface area contributed by atoms with Gasteiger partial charge >= 0.3 is 0 Å². The zero-order valence-corrected chi connectivity index (χ0v) is 7.67. The maximum atomic E-state index is 10.8. The number of hydrogen-bond acceptors (Lipinski definition) is 3. The number of carbonyl (C=O) groups is 1. The molecule has 0 saturated heterocycles. The molecule has 0 fully saturated rings. The average molecular weight is 182 g/mol. The second kappa shape index (κ2) is 5.37. The van der Waals surface area contributed by atoms with Gasteiger partial charge in [0.15, 0.2) is 0 Å². The summed E-state index contributed by atoms with van der Waals surface area (Å²) in [6.45, 7) is 1.43. The quantitative estimate of drug-likeness (QED) is 0.652. The van der Waals surface area contributed by atoms with Crippen molar-refractivity contribution in [2.75, 3.05) is 13.6 Å². The first-order valence-electron chi connectivity index (χ1n) is 4.25. The predicted octanol–water partition coefficient (Wildman–Crippen LogP) is 0.505. The molecule has 0 bridgehead atoms. The lowest BCUT2D eigenvalue weighted by molar-refractivity contribution is -0.120. The van der Waals surface area contributed by atoms with Crippen LogP contribution in [-0.4, -0.2) is 19.5 Å². The molecule has 13 heavy (non-hydrogen) atoms. The summed E-state index contributed by atoms with van der Waals surface area (Å²) in [6, 6.07) is 1.90. The van der Waals surface area contributed by atoms with Crippen LogP contribution >= 0.6 is 0 Å². The van der Waals surface area contributed by atoms with Crippen LogP contribution in [0, 0.1) is 0 Å². The van der Waals surface area contributed by atoms with E-state index in [-0.39, 0.29) is 5.91 Å². The van der Waals surface area contributed by atoms with E-state index in [1.54, 1.807) is 19.6 Å². The van der Waals surface area contributed by atoms with Gasteiger partial charge in [0.05, 0.1) is 12.5 Å². The van der Waals surface area contributed by atoms with Gasteiger partial charge in [-0.2, -0.15) is 0 Å². The summed E-state index contributed by atoms with van der Waals surface area (Å²) in [6.07, 6.45) is 3.83. The van der Waals surface area contributed by atoms with E-state index >= 15 is 0 Å². The third-order valence-corrected chi connectivity index (χ3v) is 1.72. The Morgan fingerprint density at radius 1 is 1.62 bits per heavy atom. The van der Waals surface area contributed by atoms with Crippen molar-refractivity contribution in [1.82, 2.24) is 10.6 Å². The van der Waals surface area contributed by atoms with Gasteiger partial charge in [-0.05, 0) is 6.07 Å². The van der Waals surface area contributed by atoms with Crippen LogP contribution in [0.15, 0.2) is 23.0 Å². The molecule has 2 N–H and O–H groups in total. The second-order valence-electron chi connectivity index (χ2n) is 2.73. The summed E-state index contributed by atoms with van der Waals surface area (Å²) in [4.78, 5) is 10.8. The molecule has 0 aromatic carbocycles. The summed E-state index contributed by atoms with van der Waals surface area (Å²) in [7, 11) is 1.64. The van der Waals surface area contributed by atoms with Crippen molar-refractivity contribution in [2.24, 2.45) is 0 Å². The second-order valence-corrected chi connectivity index (χ2v) is 2.73. The highest BCUT2D eigenvalue weighted by Gasteiger charge is 1.97. The minimum absolute atomic E-state index is 0.0553. The first-order chi connectivity index (χ1) is 6.33. The lowest BCUT2D eigenvalue weighted by atomic mass is 10.3. The molecule has 0 saturated carbocycles. The molecule has 1 aromatic heterocycles. The molecule has 1 heterocycles. The molecule has 4 nitrogen and oxygen atoms in total. The molecule has 1 amide bonds. The highest BCUT2D eigenvalue weighted by atomic mass is 16.3. The Morgan fingerprint density at radius 3 is 3.08 bits per heavy atom. The first-order valence-corrected chi connectivity index (χ1v) is 4.25. The summed E-state index contributed by atoms with van der Waals surface area (Å²) in [5.41, 5.74) is 1.09. The van der Waals surface area contributed by atoms with Gasteiger partial charge in [0, 0.05) is 32.1 Å². The fourth-order valence-electron chi connectivity index (χ4n) is 0.953. The van der Waals surface area contributed by atoms with E-state index in [0.29, 0.717) is 13.0 Å². The molecular weight excluding hydrogens is 168 g/mol. The monoisotopic (exact) mass is 182 g/mol. The van der Waals surface area contributed by atoms with Gasteiger partial charge in [0.25, 0.3) is 0 Å². The molecule has 72 valence electrons. The van der Waals surface area contributed by atoms with E-state index < -0.39 is 0 Å². The normalized spacial score (nSPS) is 9.92. The topological polar surface area (TPSA) is 54.3 Å². The zero-order chi connectivity index (χ0) is 9.52. The van der Waals surface area contributed by atoms with Crippen LogP contribution in [0.25, 0.3) is 0 Å². The first kappa shape index (κ1) is 9.80. The number of nitrogens with one attached hydrogen (secondary N) is 2. The molecule has 0 aliphatic heterocycles. The summed E-state index contributed by atoms with van der Waals surface area (Å²) in [5, 5.41) is 5.69. The zero-order valence-electron chi connectivity index (χ0n) is 7.67. The Hall–Kier alpha value is -1.29. The average Bonchev–Trinajstić information content (AvgIpc) is 2.64. The SMILES string of the molecule is CNC(=O)CCNCc1ccoc1. The smallest absolute Gasteiger partial charge is 0.221 e. The Balaban J connectivity index is 2.05. The minimum atomic E-state index is 0.0553. The molecule has 0 aliphatic rings. The number of hydrogen-bond donors (Lipinski definition) is 2. The van der Waals surface area contributed by atoms with E-state index in [1.165, 1.54) is 0 Å². The largest absolute Gasteiger partial charge is 0.472 e. The molecule has 0 spiro atoms. The molecule has 0 atom stereocenters. The van der Waals surface area contributed by atoms with Crippen LogP contribution in [0.1, 0.15) is 12.0 Å².